The fourth-order valence-electron chi connectivity index (χ4n) is 3.05. The Morgan fingerprint density at radius 1 is 0.636 bits per heavy atom. The second-order valence-corrected chi connectivity index (χ2v) is 7.72. The first-order valence-corrected chi connectivity index (χ1v) is 10.5. The average molecular weight is 442 g/mol. The molecule has 0 aliphatic heterocycles. The van der Waals surface area contributed by atoms with Crippen molar-refractivity contribution < 1.29 is 19.1 Å². The van der Waals surface area contributed by atoms with Gasteiger partial charge in [0.25, 0.3) is 0 Å². The summed E-state index contributed by atoms with van der Waals surface area (Å²) < 4.78 is 10.5. The molecule has 3 aromatic carbocycles. The van der Waals surface area contributed by atoms with Crippen LogP contribution in [0.1, 0.15) is 25.0 Å². The van der Waals surface area contributed by atoms with Crippen LogP contribution in [0, 0.1) is 0 Å². The molecule has 3 rings (SSSR count). The van der Waals surface area contributed by atoms with Crippen LogP contribution in [-0.2, 0) is 32.3 Å². The quantitative estimate of drug-likeness (QED) is 0.284. The number of nitrogens with zero attached hydrogens (tertiary/aromatic N) is 1. The third-order valence-electron chi connectivity index (χ3n) is 4.84. The van der Waals surface area contributed by atoms with Gasteiger partial charge in [-0.3, -0.25) is 0 Å². The maximum Gasteiger partial charge on any atom is 0.333 e. The van der Waals surface area contributed by atoms with Gasteiger partial charge in [-0.05, 0) is 61.4 Å². The SMILES string of the molecule is C=C(C)C(=O)OCc1ccc(N(c2ccccc2)c2ccc(COC(=O)C(=C)C)cc2)cc1. The summed E-state index contributed by atoms with van der Waals surface area (Å²) in [5.41, 5.74) is 5.43. The Labute approximate surface area is 194 Å². The van der Waals surface area contributed by atoms with Crippen LogP contribution in [0.3, 0.4) is 0 Å². The van der Waals surface area contributed by atoms with Crippen LogP contribution in [0.15, 0.2) is 103 Å². The lowest BCUT2D eigenvalue weighted by molar-refractivity contribution is -0.141. The normalized spacial score (nSPS) is 10.2. The minimum Gasteiger partial charge on any atom is -0.457 e. The minimum atomic E-state index is -0.404. The Kier molecular flexibility index (Phi) is 7.82. The summed E-state index contributed by atoms with van der Waals surface area (Å²) in [4.78, 5) is 25.4. The summed E-state index contributed by atoms with van der Waals surface area (Å²) >= 11 is 0. The smallest absolute Gasteiger partial charge is 0.333 e. The van der Waals surface area contributed by atoms with Gasteiger partial charge in [0, 0.05) is 28.2 Å². The van der Waals surface area contributed by atoms with Gasteiger partial charge in [-0.2, -0.15) is 0 Å². The molecule has 0 saturated heterocycles. The van der Waals surface area contributed by atoms with Gasteiger partial charge in [0.05, 0.1) is 0 Å². The molecule has 0 aromatic heterocycles. The number of carbonyl (C=O) groups is 2. The molecule has 0 saturated carbocycles. The van der Waals surface area contributed by atoms with Crippen molar-refractivity contribution in [2.24, 2.45) is 0 Å². The zero-order chi connectivity index (χ0) is 23.8. The molecular formula is C28H27NO4. The zero-order valence-electron chi connectivity index (χ0n) is 18.9. The molecule has 0 N–H and O–H groups in total. The van der Waals surface area contributed by atoms with E-state index in [9.17, 15) is 9.59 Å². The van der Waals surface area contributed by atoms with E-state index in [2.05, 4.69) is 18.1 Å². The monoisotopic (exact) mass is 441 g/mol. The number of hydrogen-bond acceptors (Lipinski definition) is 5. The van der Waals surface area contributed by atoms with Gasteiger partial charge in [0.15, 0.2) is 0 Å². The van der Waals surface area contributed by atoms with Crippen LogP contribution >= 0.6 is 0 Å². The van der Waals surface area contributed by atoms with Crippen LogP contribution in [0.25, 0.3) is 0 Å². The summed E-state index contributed by atoms with van der Waals surface area (Å²) in [6, 6.07) is 25.7. The predicted molar refractivity (Wildman–Crippen MR) is 130 cm³/mol. The van der Waals surface area contributed by atoms with Crippen molar-refractivity contribution in [2.75, 3.05) is 4.90 Å². The van der Waals surface area contributed by atoms with Gasteiger partial charge in [0.1, 0.15) is 13.2 Å². The van der Waals surface area contributed by atoms with E-state index >= 15 is 0 Å². The minimum absolute atomic E-state index is 0.189. The van der Waals surface area contributed by atoms with E-state index in [1.165, 1.54) is 0 Å². The average Bonchev–Trinajstić information content (AvgIpc) is 2.83. The van der Waals surface area contributed by atoms with Crippen molar-refractivity contribution in [2.45, 2.75) is 27.1 Å². The van der Waals surface area contributed by atoms with Gasteiger partial charge in [-0.1, -0.05) is 55.6 Å². The molecule has 0 radical (unpaired) electrons. The molecule has 0 bridgehead atoms. The number of anilines is 3. The third-order valence-corrected chi connectivity index (χ3v) is 4.84. The highest BCUT2D eigenvalue weighted by Gasteiger charge is 2.13. The topological polar surface area (TPSA) is 55.8 Å². The number of para-hydroxylation sites is 1. The first-order chi connectivity index (χ1) is 15.8. The number of hydrogen-bond donors (Lipinski definition) is 0. The molecule has 0 spiro atoms. The molecular weight excluding hydrogens is 414 g/mol. The Bertz CT molecular complexity index is 1060. The lowest BCUT2D eigenvalue weighted by Crippen LogP contribution is -2.10. The van der Waals surface area contributed by atoms with E-state index in [0.29, 0.717) is 11.1 Å². The number of rotatable bonds is 9. The third kappa shape index (κ3) is 6.43. The Morgan fingerprint density at radius 3 is 1.36 bits per heavy atom. The van der Waals surface area contributed by atoms with Crippen LogP contribution in [0.5, 0.6) is 0 Å². The molecule has 0 heterocycles. The molecule has 0 unspecified atom stereocenters. The summed E-state index contributed by atoms with van der Waals surface area (Å²) in [5, 5.41) is 0. The van der Waals surface area contributed by atoms with Gasteiger partial charge >= 0.3 is 11.9 Å². The Morgan fingerprint density at radius 2 is 1.00 bits per heavy atom. The van der Waals surface area contributed by atoms with E-state index in [1.54, 1.807) is 13.8 Å². The fourth-order valence-corrected chi connectivity index (χ4v) is 3.05. The number of benzene rings is 3. The van der Waals surface area contributed by atoms with Crippen LogP contribution in [0.4, 0.5) is 17.1 Å². The van der Waals surface area contributed by atoms with Crippen molar-refractivity contribution in [3.8, 4) is 0 Å². The first kappa shape index (κ1) is 23.5. The molecule has 0 fully saturated rings. The Balaban J connectivity index is 1.81. The van der Waals surface area contributed by atoms with E-state index in [-0.39, 0.29) is 13.2 Å². The number of esters is 2. The number of carbonyl (C=O) groups excluding carboxylic acids is 2. The molecule has 168 valence electrons. The highest BCUT2D eigenvalue weighted by Crippen LogP contribution is 2.34. The summed E-state index contributed by atoms with van der Waals surface area (Å²) in [6.45, 7) is 10.8. The standard InChI is InChI=1S/C28H27NO4/c1-20(2)27(30)32-18-22-10-14-25(15-11-22)29(24-8-6-5-7-9-24)26-16-12-23(13-17-26)19-33-28(31)21(3)4/h5-17H,1,3,18-19H2,2,4H3. The van der Waals surface area contributed by atoms with E-state index in [0.717, 1.165) is 28.2 Å². The summed E-state index contributed by atoms with van der Waals surface area (Å²) in [6.07, 6.45) is 0. The first-order valence-electron chi connectivity index (χ1n) is 10.5. The zero-order valence-corrected chi connectivity index (χ0v) is 18.9. The van der Waals surface area contributed by atoms with Gasteiger partial charge in [-0.25, -0.2) is 9.59 Å². The van der Waals surface area contributed by atoms with E-state index < -0.39 is 11.9 Å². The van der Waals surface area contributed by atoms with Crippen LogP contribution < -0.4 is 4.90 Å². The molecule has 33 heavy (non-hydrogen) atoms. The van der Waals surface area contributed by atoms with E-state index in [1.807, 2.05) is 78.9 Å². The van der Waals surface area contributed by atoms with Crippen molar-refractivity contribution in [3.63, 3.8) is 0 Å². The largest absolute Gasteiger partial charge is 0.457 e. The molecule has 5 heteroatoms. The van der Waals surface area contributed by atoms with E-state index in [4.69, 9.17) is 9.47 Å². The van der Waals surface area contributed by atoms with Crippen molar-refractivity contribution in [3.05, 3.63) is 114 Å². The molecule has 0 aliphatic rings. The predicted octanol–water partition coefficient (Wildman–Crippen LogP) is 6.40. The van der Waals surface area contributed by atoms with Gasteiger partial charge in [-0.15, -0.1) is 0 Å². The summed E-state index contributed by atoms with van der Waals surface area (Å²) in [5.74, 6) is -0.807. The lowest BCUT2D eigenvalue weighted by Gasteiger charge is -2.25. The Hall–Kier alpha value is -4.12. The summed E-state index contributed by atoms with van der Waals surface area (Å²) in [7, 11) is 0. The highest BCUT2D eigenvalue weighted by atomic mass is 16.5. The van der Waals surface area contributed by atoms with Crippen molar-refractivity contribution in [1.82, 2.24) is 0 Å². The second kappa shape index (κ2) is 11.0. The maximum absolute atomic E-state index is 11.6. The molecule has 0 aliphatic carbocycles. The maximum atomic E-state index is 11.6. The van der Waals surface area contributed by atoms with Crippen LogP contribution in [0.2, 0.25) is 0 Å². The fraction of sp³-hybridized carbons (Fsp3) is 0.143. The molecule has 0 amide bonds. The van der Waals surface area contributed by atoms with Crippen molar-refractivity contribution >= 4 is 29.0 Å². The van der Waals surface area contributed by atoms with Gasteiger partial charge < -0.3 is 14.4 Å². The van der Waals surface area contributed by atoms with Crippen molar-refractivity contribution in [1.29, 1.82) is 0 Å². The highest BCUT2D eigenvalue weighted by molar-refractivity contribution is 5.87. The molecule has 5 nitrogen and oxygen atoms in total. The number of ether oxygens (including phenoxy) is 2. The van der Waals surface area contributed by atoms with Gasteiger partial charge in [0.2, 0.25) is 0 Å². The van der Waals surface area contributed by atoms with Crippen LogP contribution in [-0.4, -0.2) is 11.9 Å². The second-order valence-electron chi connectivity index (χ2n) is 7.72. The molecule has 3 aromatic rings. The lowest BCUT2D eigenvalue weighted by atomic mass is 10.1. The molecule has 0 atom stereocenters.